The third kappa shape index (κ3) is 31.5. The summed E-state index contributed by atoms with van der Waals surface area (Å²) < 4.78 is 5.83. The Morgan fingerprint density at radius 1 is 0.496 bits per heavy atom. The Bertz CT molecular complexity index is 4170. The van der Waals surface area contributed by atoms with Crippen molar-refractivity contribution in [2.24, 2.45) is 11.5 Å². The van der Waals surface area contributed by atoms with Gasteiger partial charge in [-0.15, -0.1) is 0 Å². The molecule has 14 amide bonds. The van der Waals surface area contributed by atoms with Crippen LogP contribution >= 0.6 is 0 Å². The molecular weight excluding hydrogens is 1510 g/mol. The molecule has 0 saturated carbocycles. The molecule has 1 aliphatic heterocycles. The van der Waals surface area contributed by atoms with Gasteiger partial charge in [-0.1, -0.05) is 81.8 Å². The Morgan fingerprint density at radius 2 is 0.991 bits per heavy atom. The Kier molecular flexibility index (Phi) is 38.0. The number of hydrogen-bond donors (Lipinski definition) is 22. The number of amides is 14. The van der Waals surface area contributed by atoms with Crippen LogP contribution in [0, 0.1) is 0 Å². The molecule has 42 nitrogen and oxygen atoms in total. The zero-order valence-electron chi connectivity index (χ0n) is 63.5. The molecule has 1 fully saturated rings. The van der Waals surface area contributed by atoms with Crippen LogP contribution in [0.4, 0.5) is 0 Å². The van der Waals surface area contributed by atoms with E-state index in [4.69, 9.17) is 16.2 Å². The Hall–Kier alpha value is -12.6. The van der Waals surface area contributed by atoms with Crippen molar-refractivity contribution in [2.45, 2.75) is 215 Å². The maximum absolute atomic E-state index is 15.0. The fourth-order valence-corrected chi connectivity index (χ4v) is 12.1. The van der Waals surface area contributed by atoms with Crippen LogP contribution in [-0.4, -0.2) is 247 Å². The van der Waals surface area contributed by atoms with Gasteiger partial charge in [-0.05, 0) is 75.8 Å². The number of rotatable bonds is 35. The third-order valence-corrected chi connectivity index (χ3v) is 18.2. The molecule has 42 heteroatoms. The second-order valence-corrected chi connectivity index (χ2v) is 27.4. The number of primary amides is 1. The van der Waals surface area contributed by atoms with Crippen molar-refractivity contribution < 1.29 is 121 Å². The average molecular weight is 1620 g/mol. The summed E-state index contributed by atoms with van der Waals surface area (Å²) in [5.74, 6) is -26.1. The van der Waals surface area contributed by atoms with Gasteiger partial charge in [0.05, 0.1) is 45.4 Å². The highest BCUT2D eigenvalue weighted by atomic mass is 16.5. The second-order valence-electron chi connectivity index (χ2n) is 27.4. The van der Waals surface area contributed by atoms with Crippen LogP contribution in [0.3, 0.4) is 0 Å². The summed E-state index contributed by atoms with van der Waals surface area (Å²) in [6.45, 7) is 0.504. The van der Waals surface area contributed by atoms with Crippen LogP contribution in [0.1, 0.15) is 141 Å². The number of H-pyrrole nitrogens is 2. The smallest absolute Gasteiger partial charge is 0.329 e. The maximum atomic E-state index is 15.0. The number of carboxylic acid groups (broad SMARTS) is 4. The summed E-state index contributed by atoms with van der Waals surface area (Å²) in [4.78, 5) is 265. The molecule has 0 radical (unpaired) electrons. The lowest BCUT2D eigenvalue weighted by molar-refractivity contribution is -0.156. The van der Waals surface area contributed by atoms with E-state index >= 15 is 0 Å². The van der Waals surface area contributed by atoms with Gasteiger partial charge in [0.15, 0.2) is 0 Å². The highest BCUT2D eigenvalue weighted by molar-refractivity contribution is 6.02. The molecule has 5 rings (SSSR count). The number of carboxylic acids is 4. The number of aliphatic carboxylic acids is 4. The van der Waals surface area contributed by atoms with E-state index < -0.39 is 250 Å². The predicted octanol–water partition coefficient (Wildman–Crippen LogP) is -4.61. The Morgan fingerprint density at radius 3 is 1.57 bits per heavy atom. The lowest BCUT2D eigenvalue weighted by Crippen LogP contribution is -2.61. The van der Waals surface area contributed by atoms with Crippen LogP contribution in [0.2, 0.25) is 0 Å². The molecule has 0 bridgehead atoms. The number of esters is 1. The summed E-state index contributed by atoms with van der Waals surface area (Å²) in [6, 6.07) is -8.30. The first kappa shape index (κ1) is 93.0. The maximum Gasteiger partial charge on any atom is 0.329 e. The molecule has 12 atom stereocenters. The van der Waals surface area contributed by atoms with E-state index in [1.165, 1.54) is 6.20 Å². The number of benzene rings is 2. The number of nitrogens with one attached hydrogen (secondary N) is 15. The van der Waals surface area contributed by atoms with Crippen LogP contribution < -0.4 is 80.6 Å². The summed E-state index contributed by atoms with van der Waals surface area (Å²) in [5.41, 5.74) is 13.2. The first-order chi connectivity index (χ1) is 54.6. The molecule has 0 aliphatic carbocycles. The summed E-state index contributed by atoms with van der Waals surface area (Å²) in [5, 5.41) is 79.8. The number of aromatic amines is 2. The van der Waals surface area contributed by atoms with E-state index in [1.54, 1.807) is 54.7 Å². The molecule has 628 valence electrons. The van der Waals surface area contributed by atoms with Crippen molar-refractivity contribution in [1.29, 1.82) is 0 Å². The first-order valence-electron chi connectivity index (χ1n) is 37.2. The van der Waals surface area contributed by atoms with Crippen LogP contribution in [0.25, 0.3) is 21.8 Å². The number of nitrogens with two attached hydrogens (primary N) is 2. The van der Waals surface area contributed by atoms with Crippen molar-refractivity contribution >= 4 is 134 Å². The molecule has 2 aromatic heterocycles. The summed E-state index contributed by atoms with van der Waals surface area (Å²) in [7, 11) is 0. The zero-order valence-corrected chi connectivity index (χ0v) is 63.5. The van der Waals surface area contributed by atoms with Gasteiger partial charge in [-0.3, -0.25) is 86.3 Å². The number of ether oxygens (including phenoxy) is 1. The summed E-state index contributed by atoms with van der Waals surface area (Å²) in [6.07, 6.45) is -0.204. The monoisotopic (exact) mass is 1620 g/mol. The third-order valence-electron chi connectivity index (χ3n) is 18.2. The number of aliphatic hydroxyl groups is 1. The minimum Gasteiger partial charge on any atom is -0.481 e. The molecule has 2 aromatic carbocycles. The lowest BCUT2D eigenvalue weighted by atomic mass is 10.0. The normalized spacial score (nSPS) is 21.0. The summed E-state index contributed by atoms with van der Waals surface area (Å²) >= 11 is 0. The van der Waals surface area contributed by atoms with Crippen molar-refractivity contribution in [3.8, 4) is 0 Å². The number of para-hydroxylation sites is 2. The number of hydrogen-bond acceptors (Lipinski definition) is 22. The van der Waals surface area contributed by atoms with Gasteiger partial charge in [0, 0.05) is 59.9 Å². The Balaban J connectivity index is 1.59. The largest absolute Gasteiger partial charge is 0.481 e. The fraction of sp³-hybridized carbons (Fsp3) is 0.521. The standard InChI is InChI=1S/C73H101N17O25/c1-4-5-6-7-8-9-10-22-55(93)82-47(26-39-32-76-43-19-13-11-17-41(39)43)68(109)86-48(28-54(75)92)69(110)88-51(31-61(102)103)70(111)90-62-38(3)115-73(114)52(27-40-33-77-44-20-14-12-18-42(40)44)89-66(107)46(23-24-58(96)97)84-71(112)53(36-91)83-57(95)34-78-64(105)49(29-59(98)99)85-63(104)37(2)80-67(108)50(30-60(100)101)87-65(106)45(21-15-16-25-74)81-56(94)35-79-72(62)113/h11-14,17-20,32-33,37-38,45-53,62,76-77,91H,4-10,15-16,21-31,34-36,74H2,1-3H3,(H2,75,92)(H,78,105)(H,79,113)(H,80,108)(H,81,94)(H,82,93)(H,83,95)(H,84,112)(H,85,104)(H,86,109)(H,87,106)(H,88,110)(H,89,107)(H,90,111)(H,96,97)(H,98,99)(H,100,101)(H,102,103)/t37-,38-,45+,46+,47+,48+,49+,50+,51-,52+,53-,62+/m0/s1. The SMILES string of the molecule is CCCCCCCCCC(=O)N[C@H](Cc1c[nH]c2ccccc12)C(=O)N[C@H](CC(N)=O)C(=O)N[C@@H](CC(=O)O)C(=O)N[C@H]1C(=O)NCC(=O)N[C@H](CCCCN)C(=O)N[C@H](CC(=O)O)C(=O)N[C@@H](C)C(=O)N[C@H](CC(=O)O)C(=O)NCC(=O)N[C@@H](CO)C(=O)N[C@H](CCC(=O)O)C(=O)N[C@H](Cc2c[nH]c3ccccc23)C(=O)O[C@H]1C. The molecule has 0 spiro atoms. The van der Waals surface area contributed by atoms with Gasteiger partial charge in [0.25, 0.3) is 0 Å². The zero-order chi connectivity index (χ0) is 85.0. The van der Waals surface area contributed by atoms with E-state index in [0.29, 0.717) is 40.2 Å². The predicted molar refractivity (Wildman–Crippen MR) is 403 cm³/mol. The minimum absolute atomic E-state index is 0.00216. The van der Waals surface area contributed by atoms with Gasteiger partial charge in [0.1, 0.15) is 72.6 Å². The van der Waals surface area contributed by atoms with Crippen molar-refractivity contribution in [1.82, 2.24) is 79.1 Å². The Labute approximate surface area is 657 Å². The van der Waals surface area contributed by atoms with Crippen LogP contribution in [-0.2, 0) is 109 Å². The van der Waals surface area contributed by atoms with Crippen molar-refractivity contribution in [2.75, 3.05) is 26.2 Å². The van der Waals surface area contributed by atoms with E-state index in [-0.39, 0.29) is 44.2 Å². The van der Waals surface area contributed by atoms with Crippen LogP contribution in [0.15, 0.2) is 60.9 Å². The van der Waals surface area contributed by atoms with E-state index in [9.17, 15) is 117 Å². The highest BCUT2D eigenvalue weighted by Crippen LogP contribution is 2.23. The molecule has 3 heterocycles. The first-order valence-corrected chi connectivity index (χ1v) is 37.2. The number of carbonyl (C=O) groups is 19. The van der Waals surface area contributed by atoms with Crippen molar-refractivity contribution in [3.63, 3.8) is 0 Å². The number of aliphatic hydroxyl groups excluding tert-OH is 1. The van der Waals surface area contributed by atoms with E-state index in [2.05, 4.69) is 75.4 Å². The van der Waals surface area contributed by atoms with Gasteiger partial charge in [0.2, 0.25) is 82.7 Å². The lowest BCUT2D eigenvalue weighted by Gasteiger charge is -2.29. The molecule has 115 heavy (non-hydrogen) atoms. The molecule has 24 N–H and O–H groups in total. The van der Waals surface area contributed by atoms with Crippen LogP contribution in [0.5, 0.6) is 0 Å². The molecule has 0 unspecified atom stereocenters. The molecular formula is C73H101N17O25. The quantitative estimate of drug-likeness (QED) is 0.0152. The molecule has 1 saturated heterocycles. The number of cyclic esters (lactones) is 1. The number of unbranched alkanes of at least 4 members (excludes halogenated alkanes) is 7. The van der Waals surface area contributed by atoms with E-state index in [0.717, 1.165) is 46.0 Å². The van der Waals surface area contributed by atoms with Gasteiger partial charge < -0.3 is 121 Å². The van der Waals surface area contributed by atoms with Gasteiger partial charge in [-0.25, -0.2) is 4.79 Å². The van der Waals surface area contributed by atoms with E-state index in [1.807, 2.05) is 10.6 Å². The highest BCUT2D eigenvalue weighted by Gasteiger charge is 2.40. The number of carbonyl (C=O) groups excluding carboxylic acids is 15. The number of aromatic nitrogens is 2. The minimum atomic E-state index is -2.35. The van der Waals surface area contributed by atoms with Gasteiger partial charge in [-0.2, -0.15) is 0 Å². The topological polar surface area (TPSA) is 675 Å². The fourth-order valence-electron chi connectivity index (χ4n) is 12.1. The molecule has 1 aliphatic rings. The molecule has 4 aromatic rings. The average Bonchev–Trinajstić information content (AvgIpc) is 1.72. The number of fused-ring (bicyclic) bond motifs is 2. The second kappa shape index (κ2) is 47.0. The van der Waals surface area contributed by atoms with Crippen molar-refractivity contribution in [3.05, 3.63) is 72.1 Å². The van der Waals surface area contributed by atoms with Gasteiger partial charge >= 0.3 is 29.8 Å².